The average Bonchev–Trinajstić information content (AvgIpc) is 2.75. The fraction of sp³-hybridized carbons (Fsp3) is 0.0909. The second kappa shape index (κ2) is 10.1. The summed E-state index contributed by atoms with van der Waals surface area (Å²) in [4.78, 5) is 12.2. The minimum atomic E-state index is -0.401. The molecule has 3 aromatic rings. The highest BCUT2D eigenvalue weighted by molar-refractivity contribution is 9.10. The van der Waals surface area contributed by atoms with Gasteiger partial charge in [-0.3, -0.25) is 4.79 Å². The lowest BCUT2D eigenvalue weighted by molar-refractivity contribution is 0.0955. The predicted molar refractivity (Wildman–Crippen MR) is 118 cm³/mol. The molecule has 5 nitrogen and oxygen atoms in total. The Morgan fingerprint density at radius 1 is 1.10 bits per heavy atom. The van der Waals surface area contributed by atoms with E-state index in [9.17, 15) is 4.79 Å². The monoisotopic (exact) mass is 472 g/mol. The van der Waals surface area contributed by atoms with Crippen molar-refractivity contribution >= 4 is 39.7 Å². The van der Waals surface area contributed by atoms with Crippen molar-refractivity contribution in [2.45, 2.75) is 6.61 Å². The molecule has 7 heteroatoms. The first kappa shape index (κ1) is 20.9. The molecule has 3 rings (SSSR count). The van der Waals surface area contributed by atoms with Gasteiger partial charge < -0.3 is 9.47 Å². The second-order valence-electron chi connectivity index (χ2n) is 6.01. The fourth-order valence-electron chi connectivity index (χ4n) is 2.52. The number of nitrogens with one attached hydrogen (secondary N) is 1. The molecule has 1 amide bonds. The molecule has 3 aromatic carbocycles. The number of hydrazone groups is 1. The van der Waals surface area contributed by atoms with Crippen LogP contribution in [0, 0.1) is 0 Å². The molecule has 148 valence electrons. The highest BCUT2D eigenvalue weighted by Gasteiger charge is 2.10. The van der Waals surface area contributed by atoms with Gasteiger partial charge in [-0.05, 0) is 47.5 Å². The van der Waals surface area contributed by atoms with Crippen LogP contribution in [-0.2, 0) is 6.61 Å². The molecule has 0 aliphatic carbocycles. The maximum atomic E-state index is 12.2. The standard InChI is InChI=1S/C22H18BrClN2O3/c1-28-21-11-16(7-10-20(21)29-14-15-5-3-2-4-6-15)13-25-26-22(27)18-12-17(23)8-9-19(18)24/h2-13H,14H2,1H3,(H,26,27)/b25-13+. The van der Waals surface area contributed by atoms with E-state index >= 15 is 0 Å². The van der Waals surface area contributed by atoms with Crippen molar-refractivity contribution in [3.05, 3.63) is 92.9 Å². The van der Waals surface area contributed by atoms with Gasteiger partial charge >= 0.3 is 0 Å². The van der Waals surface area contributed by atoms with Crippen molar-refractivity contribution in [1.29, 1.82) is 0 Å². The van der Waals surface area contributed by atoms with E-state index in [1.54, 1.807) is 37.4 Å². The van der Waals surface area contributed by atoms with E-state index in [1.165, 1.54) is 6.21 Å². The smallest absolute Gasteiger partial charge is 0.272 e. The highest BCUT2D eigenvalue weighted by atomic mass is 79.9. The van der Waals surface area contributed by atoms with Crippen LogP contribution in [0.5, 0.6) is 11.5 Å². The van der Waals surface area contributed by atoms with Gasteiger partial charge in [0.1, 0.15) is 6.61 Å². The third kappa shape index (κ3) is 5.82. The van der Waals surface area contributed by atoms with Crippen molar-refractivity contribution in [2.24, 2.45) is 5.10 Å². The number of amides is 1. The van der Waals surface area contributed by atoms with Crippen LogP contribution in [0.15, 0.2) is 76.3 Å². The maximum absolute atomic E-state index is 12.2. The first-order chi connectivity index (χ1) is 14.1. The van der Waals surface area contributed by atoms with Gasteiger partial charge in [-0.1, -0.05) is 57.9 Å². The van der Waals surface area contributed by atoms with Crippen LogP contribution in [0.3, 0.4) is 0 Å². The van der Waals surface area contributed by atoms with Crippen LogP contribution in [0.4, 0.5) is 0 Å². The Kier molecular flexibility index (Phi) is 7.27. The Bertz CT molecular complexity index is 1030. The molecule has 0 radical (unpaired) electrons. The fourth-order valence-corrected chi connectivity index (χ4v) is 3.08. The number of benzene rings is 3. The van der Waals surface area contributed by atoms with Gasteiger partial charge in [-0.15, -0.1) is 0 Å². The van der Waals surface area contributed by atoms with Gasteiger partial charge in [0.05, 0.1) is 23.9 Å². The second-order valence-corrected chi connectivity index (χ2v) is 7.33. The number of nitrogens with zero attached hydrogens (tertiary/aromatic N) is 1. The molecule has 0 saturated heterocycles. The summed E-state index contributed by atoms with van der Waals surface area (Å²) in [6.45, 7) is 0.439. The number of hydrogen-bond donors (Lipinski definition) is 1. The maximum Gasteiger partial charge on any atom is 0.272 e. The highest BCUT2D eigenvalue weighted by Crippen LogP contribution is 2.28. The summed E-state index contributed by atoms with van der Waals surface area (Å²) in [5.74, 6) is 0.798. The molecule has 0 heterocycles. The summed E-state index contributed by atoms with van der Waals surface area (Å²) in [5, 5.41) is 4.34. The summed E-state index contributed by atoms with van der Waals surface area (Å²) in [7, 11) is 1.57. The van der Waals surface area contributed by atoms with Gasteiger partial charge in [-0.2, -0.15) is 5.10 Å². The zero-order chi connectivity index (χ0) is 20.6. The molecular weight excluding hydrogens is 456 g/mol. The topological polar surface area (TPSA) is 59.9 Å². The van der Waals surface area contributed by atoms with Gasteiger partial charge in [0.15, 0.2) is 11.5 Å². The Labute approximate surface area is 182 Å². The third-order valence-electron chi connectivity index (χ3n) is 3.98. The van der Waals surface area contributed by atoms with E-state index in [0.717, 1.165) is 15.6 Å². The number of rotatable bonds is 7. The van der Waals surface area contributed by atoms with Crippen molar-refractivity contribution < 1.29 is 14.3 Å². The molecule has 0 saturated carbocycles. The van der Waals surface area contributed by atoms with E-state index in [1.807, 2.05) is 36.4 Å². The van der Waals surface area contributed by atoms with Crippen molar-refractivity contribution in [2.75, 3.05) is 7.11 Å². The molecule has 0 aromatic heterocycles. The van der Waals surface area contributed by atoms with E-state index in [2.05, 4.69) is 26.5 Å². The minimum absolute atomic E-state index is 0.334. The van der Waals surface area contributed by atoms with Gasteiger partial charge in [-0.25, -0.2) is 5.43 Å². The summed E-state index contributed by atoms with van der Waals surface area (Å²) < 4.78 is 12.0. The normalized spacial score (nSPS) is 10.7. The summed E-state index contributed by atoms with van der Waals surface area (Å²) in [5.41, 5.74) is 4.61. The van der Waals surface area contributed by atoms with Gasteiger partial charge in [0, 0.05) is 4.47 Å². The molecular formula is C22H18BrClN2O3. The van der Waals surface area contributed by atoms with Crippen LogP contribution in [0.25, 0.3) is 0 Å². The number of carbonyl (C=O) groups is 1. The quantitative estimate of drug-likeness (QED) is 0.366. The number of carbonyl (C=O) groups excluding carboxylic acids is 1. The van der Waals surface area contributed by atoms with Crippen LogP contribution in [0.1, 0.15) is 21.5 Å². The average molecular weight is 474 g/mol. The SMILES string of the molecule is COc1cc(/C=N/NC(=O)c2cc(Br)ccc2Cl)ccc1OCc1ccccc1. The number of ether oxygens (including phenoxy) is 2. The van der Waals surface area contributed by atoms with Crippen LogP contribution in [0.2, 0.25) is 5.02 Å². The molecule has 0 atom stereocenters. The zero-order valence-corrected chi connectivity index (χ0v) is 17.9. The third-order valence-corrected chi connectivity index (χ3v) is 4.80. The summed E-state index contributed by atoms with van der Waals surface area (Å²) in [6.07, 6.45) is 1.52. The van der Waals surface area contributed by atoms with Crippen molar-refractivity contribution in [1.82, 2.24) is 5.43 Å². The molecule has 0 spiro atoms. The van der Waals surface area contributed by atoms with Crippen molar-refractivity contribution in [3.8, 4) is 11.5 Å². The molecule has 0 unspecified atom stereocenters. The molecule has 0 aliphatic heterocycles. The van der Waals surface area contributed by atoms with E-state index in [0.29, 0.717) is 28.7 Å². The Morgan fingerprint density at radius 2 is 1.90 bits per heavy atom. The largest absolute Gasteiger partial charge is 0.493 e. The molecule has 0 fully saturated rings. The minimum Gasteiger partial charge on any atom is -0.493 e. The lowest BCUT2D eigenvalue weighted by Gasteiger charge is -2.11. The van der Waals surface area contributed by atoms with Crippen LogP contribution >= 0.6 is 27.5 Å². The predicted octanol–water partition coefficient (Wildman–Crippen LogP) is 5.45. The number of hydrogen-bond acceptors (Lipinski definition) is 4. The number of methoxy groups -OCH3 is 1. The summed E-state index contributed by atoms with van der Waals surface area (Å²) in [6, 6.07) is 20.3. The first-order valence-electron chi connectivity index (χ1n) is 8.70. The lowest BCUT2D eigenvalue weighted by Crippen LogP contribution is -2.18. The molecule has 0 aliphatic rings. The lowest BCUT2D eigenvalue weighted by atomic mass is 10.2. The van der Waals surface area contributed by atoms with E-state index in [-0.39, 0.29) is 0 Å². The van der Waals surface area contributed by atoms with Gasteiger partial charge in [0.2, 0.25) is 0 Å². The van der Waals surface area contributed by atoms with E-state index in [4.69, 9.17) is 21.1 Å². The Morgan fingerprint density at radius 3 is 2.66 bits per heavy atom. The first-order valence-corrected chi connectivity index (χ1v) is 9.87. The van der Waals surface area contributed by atoms with Crippen LogP contribution < -0.4 is 14.9 Å². The Balaban J connectivity index is 1.65. The van der Waals surface area contributed by atoms with Crippen LogP contribution in [-0.4, -0.2) is 19.2 Å². The van der Waals surface area contributed by atoms with Crippen molar-refractivity contribution in [3.63, 3.8) is 0 Å². The summed E-state index contributed by atoms with van der Waals surface area (Å²) >= 11 is 9.37. The number of halogens is 2. The van der Waals surface area contributed by atoms with Gasteiger partial charge in [0.25, 0.3) is 5.91 Å². The Hall–Kier alpha value is -2.83. The molecule has 29 heavy (non-hydrogen) atoms. The van der Waals surface area contributed by atoms with E-state index < -0.39 is 5.91 Å². The molecule has 1 N–H and O–H groups in total. The zero-order valence-electron chi connectivity index (χ0n) is 15.6. The molecule has 0 bridgehead atoms.